The molecule has 1 aromatic rings. The van der Waals surface area contributed by atoms with Gasteiger partial charge in [-0.05, 0) is 26.0 Å². The normalized spacial score (nSPS) is 12.8. The lowest BCUT2D eigenvalue weighted by atomic mass is 10.0. The number of aliphatic hydroxyl groups is 1. The second kappa shape index (κ2) is 7.26. The zero-order valence-electron chi connectivity index (χ0n) is 12.6. The van der Waals surface area contributed by atoms with E-state index in [0.717, 1.165) is 5.75 Å². The molecule has 1 amide bonds. The fourth-order valence-electron chi connectivity index (χ4n) is 1.78. The first-order valence-corrected chi connectivity index (χ1v) is 6.65. The van der Waals surface area contributed by atoms with Crippen LogP contribution in [-0.2, 0) is 4.79 Å². The maximum atomic E-state index is 11.9. The molecular formula is C15H24N2O3. The van der Waals surface area contributed by atoms with Gasteiger partial charge in [0.2, 0.25) is 5.91 Å². The van der Waals surface area contributed by atoms with Crippen LogP contribution in [-0.4, -0.2) is 54.8 Å². The van der Waals surface area contributed by atoms with Gasteiger partial charge in [0.15, 0.2) is 0 Å². The van der Waals surface area contributed by atoms with E-state index in [4.69, 9.17) is 4.74 Å². The maximum absolute atomic E-state index is 11.9. The number of benzene rings is 1. The number of hydrogen-bond acceptors (Lipinski definition) is 4. The van der Waals surface area contributed by atoms with Gasteiger partial charge in [0.1, 0.15) is 18.5 Å². The average molecular weight is 280 g/mol. The Hall–Kier alpha value is -1.59. The third-order valence-electron chi connectivity index (χ3n) is 2.91. The Balaban J connectivity index is 2.36. The van der Waals surface area contributed by atoms with Gasteiger partial charge >= 0.3 is 0 Å². The minimum atomic E-state index is -0.711. The predicted octanol–water partition coefficient (Wildman–Crippen LogP) is 0.883. The first-order valence-electron chi connectivity index (χ1n) is 6.65. The van der Waals surface area contributed by atoms with Crippen molar-refractivity contribution in [3.05, 3.63) is 30.3 Å². The molecule has 0 saturated heterocycles. The van der Waals surface area contributed by atoms with Gasteiger partial charge in [0.05, 0.1) is 5.54 Å². The number of ether oxygens (including phenoxy) is 1. The summed E-state index contributed by atoms with van der Waals surface area (Å²) >= 11 is 0. The van der Waals surface area contributed by atoms with E-state index in [9.17, 15) is 9.90 Å². The molecule has 5 heteroatoms. The van der Waals surface area contributed by atoms with Crippen molar-refractivity contribution in [2.24, 2.45) is 0 Å². The first-order chi connectivity index (χ1) is 9.33. The third-order valence-corrected chi connectivity index (χ3v) is 2.91. The van der Waals surface area contributed by atoms with E-state index >= 15 is 0 Å². The van der Waals surface area contributed by atoms with Gasteiger partial charge in [-0.15, -0.1) is 0 Å². The summed E-state index contributed by atoms with van der Waals surface area (Å²) in [5, 5.41) is 12.9. The number of nitrogens with zero attached hydrogens (tertiary/aromatic N) is 1. The van der Waals surface area contributed by atoms with Crippen molar-refractivity contribution in [1.29, 1.82) is 0 Å². The van der Waals surface area contributed by atoms with Crippen LogP contribution in [0.1, 0.15) is 13.8 Å². The predicted molar refractivity (Wildman–Crippen MR) is 78.7 cm³/mol. The number of hydrogen-bond donors (Lipinski definition) is 2. The van der Waals surface area contributed by atoms with Crippen molar-refractivity contribution in [3.63, 3.8) is 0 Å². The topological polar surface area (TPSA) is 61.8 Å². The number of aliphatic hydroxyl groups excluding tert-OH is 1. The number of likely N-dealkylation sites (N-methyl/N-ethyl adjacent to an activating group) is 1. The molecule has 0 aliphatic carbocycles. The average Bonchev–Trinajstić information content (AvgIpc) is 2.43. The number of rotatable bonds is 7. The Morgan fingerprint density at radius 3 is 2.50 bits per heavy atom. The molecule has 0 saturated carbocycles. The Bertz CT molecular complexity index is 418. The van der Waals surface area contributed by atoms with Gasteiger partial charge in [-0.2, -0.15) is 0 Å². The Morgan fingerprint density at radius 1 is 1.35 bits per heavy atom. The molecule has 112 valence electrons. The van der Waals surface area contributed by atoms with Crippen LogP contribution in [0.4, 0.5) is 0 Å². The van der Waals surface area contributed by atoms with E-state index < -0.39 is 11.6 Å². The Labute approximate surface area is 120 Å². The van der Waals surface area contributed by atoms with Gasteiger partial charge in [-0.3, -0.25) is 4.79 Å². The van der Waals surface area contributed by atoms with E-state index in [1.807, 2.05) is 30.3 Å². The summed E-state index contributed by atoms with van der Waals surface area (Å²) in [5.41, 5.74) is -0.711. The summed E-state index contributed by atoms with van der Waals surface area (Å²) in [6, 6.07) is 9.32. The molecule has 0 spiro atoms. The number of carbonyl (C=O) groups excluding carboxylic acids is 1. The van der Waals surface area contributed by atoms with Crippen molar-refractivity contribution in [2.75, 3.05) is 27.2 Å². The molecule has 0 heterocycles. The molecular weight excluding hydrogens is 256 g/mol. The minimum absolute atomic E-state index is 0.0336. The minimum Gasteiger partial charge on any atom is -0.491 e. The van der Waals surface area contributed by atoms with Gasteiger partial charge in [-0.1, -0.05) is 18.2 Å². The van der Waals surface area contributed by atoms with Crippen molar-refractivity contribution >= 4 is 5.91 Å². The van der Waals surface area contributed by atoms with Gasteiger partial charge in [0.25, 0.3) is 0 Å². The van der Waals surface area contributed by atoms with Crippen molar-refractivity contribution < 1.29 is 14.6 Å². The lowest BCUT2D eigenvalue weighted by Gasteiger charge is -2.29. The number of para-hydroxylation sites is 1. The highest BCUT2D eigenvalue weighted by molar-refractivity contribution is 5.85. The second-order valence-corrected chi connectivity index (χ2v) is 5.48. The van der Waals surface area contributed by atoms with Crippen LogP contribution < -0.4 is 10.1 Å². The molecule has 5 nitrogen and oxygen atoms in total. The van der Waals surface area contributed by atoms with E-state index in [0.29, 0.717) is 6.54 Å². The van der Waals surface area contributed by atoms with Crippen LogP contribution >= 0.6 is 0 Å². The molecule has 0 radical (unpaired) electrons. The summed E-state index contributed by atoms with van der Waals surface area (Å²) in [5.74, 6) is 0.684. The molecule has 0 fully saturated rings. The SMILES string of the molecule is CN(C)C(=O)C(C)(C)NCC(O)COc1ccccc1. The number of carbonyl (C=O) groups is 1. The van der Waals surface area contributed by atoms with Gasteiger partial charge in [-0.25, -0.2) is 0 Å². The van der Waals surface area contributed by atoms with Crippen molar-refractivity contribution in [2.45, 2.75) is 25.5 Å². The van der Waals surface area contributed by atoms with E-state index in [1.165, 1.54) is 4.90 Å². The summed E-state index contributed by atoms with van der Waals surface area (Å²) in [6.07, 6.45) is -0.676. The smallest absolute Gasteiger partial charge is 0.241 e. The molecule has 0 aromatic heterocycles. The van der Waals surface area contributed by atoms with Gasteiger partial charge in [0, 0.05) is 20.6 Å². The van der Waals surface area contributed by atoms with E-state index in [1.54, 1.807) is 27.9 Å². The zero-order chi connectivity index (χ0) is 15.2. The summed E-state index contributed by atoms with van der Waals surface area (Å²) in [4.78, 5) is 13.4. The van der Waals surface area contributed by atoms with Crippen LogP contribution in [0.25, 0.3) is 0 Å². The highest BCUT2D eigenvalue weighted by Gasteiger charge is 2.29. The van der Waals surface area contributed by atoms with Crippen LogP contribution in [0.5, 0.6) is 5.75 Å². The van der Waals surface area contributed by atoms with Crippen molar-refractivity contribution in [3.8, 4) is 5.75 Å². The monoisotopic (exact) mass is 280 g/mol. The molecule has 0 bridgehead atoms. The molecule has 0 aliphatic heterocycles. The zero-order valence-corrected chi connectivity index (χ0v) is 12.6. The third kappa shape index (κ3) is 5.19. The van der Waals surface area contributed by atoms with Crippen LogP contribution in [0, 0.1) is 0 Å². The largest absolute Gasteiger partial charge is 0.491 e. The summed E-state index contributed by atoms with van der Waals surface area (Å²) in [6.45, 7) is 4.06. The maximum Gasteiger partial charge on any atom is 0.241 e. The van der Waals surface area contributed by atoms with Crippen LogP contribution in [0.15, 0.2) is 30.3 Å². The molecule has 0 aliphatic rings. The number of β-amino-alcohol motifs (C(OH)–C–C–N with tert-alkyl or cyclic N) is 1. The molecule has 1 unspecified atom stereocenters. The van der Waals surface area contributed by atoms with E-state index in [2.05, 4.69) is 5.32 Å². The highest BCUT2D eigenvalue weighted by atomic mass is 16.5. The molecule has 1 atom stereocenters. The molecule has 1 aromatic carbocycles. The van der Waals surface area contributed by atoms with Crippen LogP contribution in [0.2, 0.25) is 0 Å². The molecule has 2 N–H and O–H groups in total. The number of amides is 1. The highest BCUT2D eigenvalue weighted by Crippen LogP contribution is 2.09. The van der Waals surface area contributed by atoms with Gasteiger partial charge < -0.3 is 20.1 Å². The lowest BCUT2D eigenvalue weighted by molar-refractivity contribution is -0.134. The van der Waals surface area contributed by atoms with E-state index in [-0.39, 0.29) is 12.5 Å². The standard InChI is InChI=1S/C15H24N2O3/c1-15(2,14(19)17(3)4)16-10-12(18)11-20-13-8-6-5-7-9-13/h5-9,12,16,18H,10-11H2,1-4H3. The number of nitrogens with one attached hydrogen (secondary N) is 1. The Morgan fingerprint density at radius 2 is 1.95 bits per heavy atom. The quantitative estimate of drug-likeness (QED) is 0.778. The fourth-order valence-corrected chi connectivity index (χ4v) is 1.78. The summed E-state index contributed by atoms with van der Waals surface area (Å²) in [7, 11) is 3.42. The first kappa shape index (κ1) is 16.5. The lowest BCUT2D eigenvalue weighted by Crippen LogP contribution is -2.54. The Kier molecular flexibility index (Phi) is 5.98. The molecule has 1 rings (SSSR count). The fraction of sp³-hybridized carbons (Fsp3) is 0.533. The summed E-state index contributed by atoms with van der Waals surface area (Å²) < 4.78 is 5.46. The van der Waals surface area contributed by atoms with Crippen LogP contribution in [0.3, 0.4) is 0 Å². The molecule has 20 heavy (non-hydrogen) atoms. The second-order valence-electron chi connectivity index (χ2n) is 5.48. The van der Waals surface area contributed by atoms with Crippen molar-refractivity contribution in [1.82, 2.24) is 10.2 Å².